The molecule has 1 aromatic rings. The van der Waals surface area contributed by atoms with Gasteiger partial charge in [0, 0.05) is 40.2 Å². The number of thiocarbonyl (C=S) groups is 1. The van der Waals surface area contributed by atoms with Crippen LogP contribution in [0.1, 0.15) is 19.4 Å². The van der Waals surface area contributed by atoms with Crippen molar-refractivity contribution < 1.29 is 0 Å². The number of hydrogen-bond acceptors (Lipinski definition) is 4. The van der Waals surface area contributed by atoms with E-state index in [4.69, 9.17) is 18.0 Å². The van der Waals surface area contributed by atoms with Gasteiger partial charge in [0.05, 0.1) is 0 Å². The molecule has 1 fully saturated rings. The first kappa shape index (κ1) is 15.0. The van der Waals surface area contributed by atoms with E-state index in [1.54, 1.807) is 0 Å². The van der Waals surface area contributed by atoms with E-state index in [0.717, 1.165) is 24.4 Å². The van der Waals surface area contributed by atoms with Crippen molar-refractivity contribution in [3.8, 4) is 0 Å². The number of anilines is 1. The number of hydrogen-bond donors (Lipinski definition) is 1. The van der Waals surface area contributed by atoms with Crippen molar-refractivity contribution in [1.29, 1.82) is 0 Å². The second kappa shape index (κ2) is 6.86. The Morgan fingerprint density at radius 3 is 3.00 bits per heavy atom. The van der Waals surface area contributed by atoms with Crippen LogP contribution in [0.15, 0.2) is 23.1 Å². The summed E-state index contributed by atoms with van der Waals surface area (Å²) >= 11 is 9.13. The third kappa shape index (κ3) is 3.58. The summed E-state index contributed by atoms with van der Waals surface area (Å²) in [5.74, 6) is 2.20. The van der Waals surface area contributed by atoms with Crippen LogP contribution in [-0.4, -0.2) is 34.8 Å². The largest absolute Gasteiger partial charge is 0.389 e. The van der Waals surface area contributed by atoms with Gasteiger partial charge < -0.3 is 10.6 Å². The second-order valence-corrected chi connectivity index (χ2v) is 7.87. The van der Waals surface area contributed by atoms with Crippen molar-refractivity contribution in [1.82, 2.24) is 0 Å². The van der Waals surface area contributed by atoms with Crippen LogP contribution >= 0.6 is 35.7 Å². The summed E-state index contributed by atoms with van der Waals surface area (Å²) in [5.41, 5.74) is 8.24. The average Bonchev–Trinajstić information content (AvgIpc) is 2.38. The first-order valence-electron chi connectivity index (χ1n) is 6.55. The average molecular weight is 313 g/mol. The molecule has 0 saturated carbocycles. The van der Waals surface area contributed by atoms with Crippen LogP contribution in [0.3, 0.4) is 0 Å². The zero-order valence-corrected chi connectivity index (χ0v) is 13.8. The minimum Gasteiger partial charge on any atom is -0.389 e. The van der Waals surface area contributed by atoms with E-state index in [9.17, 15) is 0 Å². The van der Waals surface area contributed by atoms with Crippen molar-refractivity contribution >= 4 is 46.4 Å². The van der Waals surface area contributed by atoms with E-state index < -0.39 is 0 Å². The minimum absolute atomic E-state index is 0.512. The molecule has 2 N–H and O–H groups in total. The highest BCUT2D eigenvalue weighted by Gasteiger charge is 2.21. The number of thioether (sulfide) groups is 2. The topological polar surface area (TPSA) is 29.3 Å². The molecular formula is C14H20N2S3. The lowest BCUT2D eigenvalue weighted by atomic mass is 10.1. The van der Waals surface area contributed by atoms with Gasteiger partial charge in [0.15, 0.2) is 0 Å². The fourth-order valence-corrected chi connectivity index (χ4v) is 4.48. The summed E-state index contributed by atoms with van der Waals surface area (Å²) in [6.07, 6.45) is 0. The summed E-state index contributed by atoms with van der Waals surface area (Å²) in [6.45, 7) is 6.58. The lowest BCUT2D eigenvalue weighted by molar-refractivity contribution is 0.781. The Balaban J connectivity index is 2.38. The Bertz CT molecular complexity index is 462. The third-order valence-corrected chi connectivity index (χ3v) is 5.41. The van der Waals surface area contributed by atoms with Crippen LogP contribution in [0.2, 0.25) is 0 Å². The van der Waals surface area contributed by atoms with Crippen molar-refractivity contribution in [3.63, 3.8) is 0 Å². The maximum absolute atomic E-state index is 5.97. The molecule has 1 saturated heterocycles. The fourth-order valence-electron chi connectivity index (χ4n) is 2.34. The Kier molecular flexibility index (Phi) is 5.42. The Morgan fingerprint density at radius 1 is 1.58 bits per heavy atom. The summed E-state index contributed by atoms with van der Waals surface area (Å²) in [5, 5.41) is 0.662. The lowest BCUT2D eigenvalue weighted by Gasteiger charge is -2.34. The van der Waals surface area contributed by atoms with E-state index in [0.29, 0.717) is 10.2 Å². The quantitative estimate of drug-likeness (QED) is 0.680. The maximum Gasteiger partial charge on any atom is 0.107 e. The molecule has 0 aromatic heterocycles. The second-order valence-electron chi connectivity index (χ2n) is 4.57. The van der Waals surface area contributed by atoms with Crippen LogP contribution in [0.25, 0.3) is 0 Å². The molecule has 0 amide bonds. The molecule has 5 heteroatoms. The predicted octanol–water partition coefficient (Wildman–Crippen LogP) is 3.37. The number of nitrogens with zero attached hydrogens (tertiary/aromatic N) is 1. The molecular weight excluding hydrogens is 292 g/mol. The van der Waals surface area contributed by atoms with Gasteiger partial charge in [-0.3, -0.25) is 0 Å². The summed E-state index contributed by atoms with van der Waals surface area (Å²) in [6, 6.07) is 6.38. The highest BCUT2D eigenvalue weighted by atomic mass is 32.2. The molecule has 1 heterocycles. The van der Waals surface area contributed by atoms with Crippen LogP contribution in [-0.2, 0) is 0 Å². The van der Waals surface area contributed by atoms with Gasteiger partial charge in [-0.2, -0.15) is 11.8 Å². The molecule has 1 atom stereocenters. The molecule has 1 unspecified atom stereocenters. The first-order chi connectivity index (χ1) is 9.13. The monoisotopic (exact) mass is 312 g/mol. The Morgan fingerprint density at radius 2 is 2.37 bits per heavy atom. The van der Waals surface area contributed by atoms with Crippen molar-refractivity contribution in [3.05, 3.63) is 23.8 Å². The number of nitrogens with two attached hydrogens (primary N) is 1. The molecule has 1 aromatic carbocycles. The van der Waals surface area contributed by atoms with Crippen LogP contribution in [0, 0.1) is 0 Å². The summed E-state index contributed by atoms with van der Waals surface area (Å²) < 4.78 is 0. The van der Waals surface area contributed by atoms with E-state index >= 15 is 0 Å². The maximum atomic E-state index is 5.97. The minimum atomic E-state index is 0.512. The van der Waals surface area contributed by atoms with Crippen LogP contribution < -0.4 is 10.6 Å². The molecule has 0 aliphatic carbocycles. The zero-order valence-electron chi connectivity index (χ0n) is 11.4. The fraction of sp³-hybridized carbons (Fsp3) is 0.500. The van der Waals surface area contributed by atoms with Crippen LogP contribution in [0.5, 0.6) is 0 Å². The third-order valence-electron chi connectivity index (χ3n) is 3.13. The molecule has 1 aliphatic rings. The first-order valence-corrected chi connectivity index (χ1v) is 9.00. The van der Waals surface area contributed by atoms with Crippen molar-refractivity contribution in [2.45, 2.75) is 24.0 Å². The van der Waals surface area contributed by atoms with Gasteiger partial charge in [-0.15, -0.1) is 11.8 Å². The zero-order chi connectivity index (χ0) is 13.8. The highest BCUT2D eigenvalue weighted by molar-refractivity contribution is 8.00. The lowest BCUT2D eigenvalue weighted by Crippen LogP contribution is -2.37. The molecule has 0 spiro atoms. The highest BCUT2D eigenvalue weighted by Crippen LogP contribution is 2.33. The van der Waals surface area contributed by atoms with E-state index in [-0.39, 0.29) is 0 Å². The smallest absolute Gasteiger partial charge is 0.107 e. The van der Waals surface area contributed by atoms with Gasteiger partial charge in [0.25, 0.3) is 0 Å². The molecule has 2 rings (SSSR count). The molecule has 104 valence electrons. The number of benzene rings is 1. The Labute approximate surface area is 129 Å². The molecule has 2 nitrogen and oxygen atoms in total. The van der Waals surface area contributed by atoms with Gasteiger partial charge in [0.2, 0.25) is 0 Å². The summed E-state index contributed by atoms with van der Waals surface area (Å²) in [7, 11) is 0. The van der Waals surface area contributed by atoms with Crippen LogP contribution in [0.4, 0.5) is 5.69 Å². The van der Waals surface area contributed by atoms with Gasteiger partial charge in [0.1, 0.15) is 4.99 Å². The summed E-state index contributed by atoms with van der Waals surface area (Å²) in [4.78, 5) is 4.14. The Hall–Kier alpha value is -0.390. The molecule has 0 bridgehead atoms. The number of rotatable bonds is 4. The van der Waals surface area contributed by atoms with E-state index in [1.165, 1.54) is 16.3 Å². The SMILES string of the molecule is CCSc1cccc(N2CCSC(C)C2)c1C(N)=S. The molecule has 19 heavy (non-hydrogen) atoms. The van der Waals surface area contributed by atoms with Gasteiger partial charge in [-0.05, 0) is 17.9 Å². The van der Waals surface area contributed by atoms with Crippen molar-refractivity contribution in [2.24, 2.45) is 5.73 Å². The molecule has 0 radical (unpaired) electrons. The van der Waals surface area contributed by atoms with E-state index in [2.05, 4.69) is 36.9 Å². The van der Waals surface area contributed by atoms with Crippen molar-refractivity contribution in [2.75, 3.05) is 29.5 Å². The van der Waals surface area contributed by atoms with Gasteiger partial charge in [-0.25, -0.2) is 0 Å². The van der Waals surface area contributed by atoms with Gasteiger partial charge in [-0.1, -0.05) is 32.1 Å². The van der Waals surface area contributed by atoms with Gasteiger partial charge >= 0.3 is 0 Å². The normalized spacial score (nSPS) is 19.5. The van der Waals surface area contributed by atoms with E-state index in [1.807, 2.05) is 23.5 Å². The standard InChI is InChI=1S/C14H20N2S3/c1-3-18-12-6-4-5-11(13(12)14(15)17)16-7-8-19-10(2)9-16/h4-6,10H,3,7-9H2,1-2H3,(H2,15,17). The molecule has 1 aliphatic heterocycles. The predicted molar refractivity (Wildman–Crippen MR) is 92.9 cm³/mol.